The number of aromatic nitrogens is 10. The SMILES string of the molecule is Cn1nnnc1NC(=O)c1nn2cnn(-c3cnoc3)c2nc1=O. The molecule has 0 unspecified atom stereocenters. The van der Waals surface area contributed by atoms with E-state index in [1.807, 2.05) is 0 Å². The number of anilines is 1. The Labute approximate surface area is 130 Å². The zero-order valence-corrected chi connectivity index (χ0v) is 11.9. The number of hydrogen-bond acceptors (Lipinski definition) is 10. The number of carbonyl (C=O) groups is 1. The van der Waals surface area contributed by atoms with Crippen LogP contribution in [0.25, 0.3) is 11.5 Å². The normalized spacial score (nSPS) is 11.0. The monoisotopic (exact) mass is 329 g/mol. The van der Waals surface area contributed by atoms with Crippen molar-refractivity contribution < 1.29 is 9.32 Å². The Bertz CT molecular complexity index is 1090. The summed E-state index contributed by atoms with van der Waals surface area (Å²) >= 11 is 0. The zero-order chi connectivity index (χ0) is 16.7. The van der Waals surface area contributed by atoms with Crippen LogP contribution in [0.2, 0.25) is 0 Å². The molecule has 0 aliphatic carbocycles. The molecule has 24 heavy (non-hydrogen) atoms. The molecule has 0 atom stereocenters. The highest BCUT2D eigenvalue weighted by Crippen LogP contribution is 2.07. The van der Waals surface area contributed by atoms with Crippen LogP contribution in [0.1, 0.15) is 10.5 Å². The van der Waals surface area contributed by atoms with Gasteiger partial charge in [-0.15, -0.1) is 0 Å². The van der Waals surface area contributed by atoms with Gasteiger partial charge in [0.1, 0.15) is 18.3 Å². The number of amides is 1. The van der Waals surface area contributed by atoms with Gasteiger partial charge in [0.15, 0.2) is 0 Å². The Morgan fingerprint density at radius 2 is 2.25 bits per heavy atom. The van der Waals surface area contributed by atoms with Gasteiger partial charge in [-0.3, -0.25) is 14.9 Å². The molecule has 0 bridgehead atoms. The van der Waals surface area contributed by atoms with Crippen molar-refractivity contribution in [3.8, 4) is 5.69 Å². The van der Waals surface area contributed by atoms with Crippen LogP contribution >= 0.6 is 0 Å². The molecule has 0 aliphatic rings. The third-order valence-corrected chi connectivity index (χ3v) is 3.01. The fraction of sp³-hybridized carbons (Fsp3) is 0.100. The predicted octanol–water partition coefficient (Wildman–Crippen LogP) is -1.96. The maximum atomic E-state index is 12.2. The molecular weight excluding hydrogens is 322 g/mol. The summed E-state index contributed by atoms with van der Waals surface area (Å²) in [7, 11) is 1.53. The number of tetrazole rings is 1. The molecule has 4 aromatic rings. The Kier molecular flexibility index (Phi) is 2.87. The van der Waals surface area contributed by atoms with Gasteiger partial charge in [-0.25, -0.2) is 4.68 Å². The van der Waals surface area contributed by atoms with E-state index in [4.69, 9.17) is 4.52 Å². The zero-order valence-electron chi connectivity index (χ0n) is 11.9. The van der Waals surface area contributed by atoms with Gasteiger partial charge in [0.2, 0.25) is 11.6 Å². The van der Waals surface area contributed by atoms with Crippen molar-refractivity contribution in [3.05, 3.63) is 34.8 Å². The Morgan fingerprint density at radius 3 is 2.96 bits per heavy atom. The summed E-state index contributed by atoms with van der Waals surface area (Å²) in [5.41, 5.74) is -0.810. The number of fused-ring (bicyclic) bond motifs is 1. The fourth-order valence-corrected chi connectivity index (χ4v) is 1.89. The Morgan fingerprint density at radius 1 is 1.38 bits per heavy atom. The molecule has 0 saturated carbocycles. The van der Waals surface area contributed by atoms with Crippen molar-refractivity contribution in [1.82, 2.24) is 49.7 Å². The van der Waals surface area contributed by atoms with Crippen LogP contribution < -0.4 is 10.9 Å². The van der Waals surface area contributed by atoms with Crippen LogP contribution in [0.3, 0.4) is 0 Å². The van der Waals surface area contributed by atoms with E-state index in [9.17, 15) is 9.59 Å². The first kappa shape index (κ1) is 13.7. The molecule has 0 spiro atoms. The van der Waals surface area contributed by atoms with Crippen LogP contribution in [0, 0.1) is 0 Å². The van der Waals surface area contributed by atoms with Gasteiger partial charge in [-0.2, -0.15) is 24.4 Å². The first-order valence-corrected chi connectivity index (χ1v) is 6.41. The molecule has 120 valence electrons. The van der Waals surface area contributed by atoms with Gasteiger partial charge in [-0.1, -0.05) is 10.3 Å². The molecule has 14 heteroatoms. The smallest absolute Gasteiger partial charge is 0.306 e. The first-order chi connectivity index (χ1) is 11.6. The van der Waals surface area contributed by atoms with E-state index in [1.54, 1.807) is 0 Å². The van der Waals surface area contributed by atoms with Crippen molar-refractivity contribution >= 4 is 17.6 Å². The second-order valence-electron chi connectivity index (χ2n) is 4.52. The van der Waals surface area contributed by atoms with Crippen LogP contribution in [0.5, 0.6) is 0 Å². The first-order valence-electron chi connectivity index (χ1n) is 6.41. The highest BCUT2D eigenvalue weighted by Gasteiger charge is 2.19. The van der Waals surface area contributed by atoms with Crippen LogP contribution in [0.15, 0.2) is 28.1 Å². The summed E-state index contributed by atoms with van der Waals surface area (Å²) in [6.45, 7) is 0. The van der Waals surface area contributed by atoms with Crippen LogP contribution in [-0.4, -0.2) is 55.6 Å². The van der Waals surface area contributed by atoms with E-state index in [-0.39, 0.29) is 11.7 Å². The second kappa shape index (κ2) is 5.04. The van der Waals surface area contributed by atoms with E-state index < -0.39 is 17.2 Å². The highest BCUT2D eigenvalue weighted by molar-refractivity contribution is 6.01. The minimum absolute atomic E-state index is 0.0615. The molecule has 0 saturated heterocycles. The van der Waals surface area contributed by atoms with Crippen molar-refractivity contribution in [2.24, 2.45) is 7.05 Å². The number of rotatable bonds is 3. The van der Waals surface area contributed by atoms with Gasteiger partial charge in [0.25, 0.3) is 11.7 Å². The van der Waals surface area contributed by atoms with Crippen molar-refractivity contribution in [2.75, 3.05) is 5.32 Å². The van der Waals surface area contributed by atoms with Crippen LogP contribution in [0.4, 0.5) is 5.95 Å². The number of nitrogens with zero attached hydrogens (tertiary/aromatic N) is 10. The lowest BCUT2D eigenvalue weighted by atomic mass is 10.4. The van der Waals surface area contributed by atoms with E-state index >= 15 is 0 Å². The third-order valence-electron chi connectivity index (χ3n) is 3.01. The quantitative estimate of drug-likeness (QED) is 0.446. The van der Waals surface area contributed by atoms with E-state index in [0.29, 0.717) is 5.69 Å². The topological polar surface area (TPSA) is 164 Å². The average Bonchev–Trinajstić information content (AvgIpc) is 3.28. The fourth-order valence-electron chi connectivity index (χ4n) is 1.89. The molecule has 0 fully saturated rings. The summed E-state index contributed by atoms with van der Waals surface area (Å²) in [5.74, 6) is -0.635. The summed E-state index contributed by atoms with van der Waals surface area (Å²) < 4.78 is 8.41. The second-order valence-corrected chi connectivity index (χ2v) is 4.52. The molecule has 4 aromatic heterocycles. The lowest BCUT2D eigenvalue weighted by Crippen LogP contribution is -2.28. The summed E-state index contributed by atoms with van der Waals surface area (Å²) in [4.78, 5) is 28.1. The highest BCUT2D eigenvalue weighted by atomic mass is 16.5. The van der Waals surface area contributed by atoms with Gasteiger partial charge < -0.3 is 4.52 Å². The molecule has 4 heterocycles. The molecule has 4 rings (SSSR count). The Hall–Kier alpha value is -3.97. The number of carbonyl (C=O) groups excluding carboxylic acids is 1. The minimum atomic E-state index is -0.833. The van der Waals surface area contributed by atoms with Crippen molar-refractivity contribution in [3.63, 3.8) is 0 Å². The maximum Gasteiger partial charge on any atom is 0.306 e. The third kappa shape index (κ3) is 2.09. The summed E-state index contributed by atoms with van der Waals surface area (Å²) in [6, 6.07) is 0. The maximum absolute atomic E-state index is 12.2. The van der Waals surface area contributed by atoms with E-state index in [2.05, 4.69) is 41.2 Å². The standard InChI is InChI=1S/C10H7N11O3/c1-19-9(15-17-18-19)13-7(22)6-8(23)14-10-20(16-6)4-11-21(10)5-2-12-24-3-5/h2-4H,1H3,(H,13,15,18,22). The Balaban J connectivity index is 1.75. The lowest BCUT2D eigenvalue weighted by Gasteiger charge is -2.02. The molecule has 1 N–H and O–H groups in total. The van der Waals surface area contributed by atoms with Gasteiger partial charge in [0.05, 0.1) is 6.20 Å². The largest absolute Gasteiger partial charge is 0.362 e. The predicted molar refractivity (Wildman–Crippen MR) is 73.2 cm³/mol. The number of aryl methyl sites for hydroxylation is 1. The van der Waals surface area contributed by atoms with Crippen LogP contribution in [-0.2, 0) is 7.05 Å². The molecule has 0 radical (unpaired) electrons. The number of hydrogen-bond donors (Lipinski definition) is 1. The van der Waals surface area contributed by atoms with Gasteiger partial charge in [-0.05, 0) is 10.4 Å². The molecule has 0 aromatic carbocycles. The van der Waals surface area contributed by atoms with Crippen molar-refractivity contribution in [2.45, 2.75) is 0 Å². The molecular formula is C10H7N11O3. The minimum Gasteiger partial charge on any atom is -0.362 e. The van der Waals surface area contributed by atoms with E-state index in [1.165, 1.54) is 39.7 Å². The van der Waals surface area contributed by atoms with Gasteiger partial charge >= 0.3 is 5.56 Å². The summed E-state index contributed by atoms with van der Waals surface area (Å²) in [6.07, 6.45) is 4.00. The molecule has 1 amide bonds. The van der Waals surface area contributed by atoms with E-state index in [0.717, 1.165) is 0 Å². The molecule has 0 aliphatic heterocycles. The summed E-state index contributed by atoms with van der Waals surface area (Å²) in [5, 5.41) is 24.4. The van der Waals surface area contributed by atoms with Gasteiger partial charge in [0, 0.05) is 7.05 Å². The molecule has 14 nitrogen and oxygen atoms in total. The lowest BCUT2D eigenvalue weighted by molar-refractivity contribution is 0.101. The number of nitrogens with one attached hydrogen (secondary N) is 1. The average molecular weight is 329 g/mol. The van der Waals surface area contributed by atoms with Crippen molar-refractivity contribution in [1.29, 1.82) is 0 Å².